The number of morpholine rings is 1. The highest BCUT2D eigenvalue weighted by Gasteiger charge is 2.24. The minimum atomic E-state index is -0.289. The Bertz CT molecular complexity index is 1190. The molecule has 0 saturated carbocycles. The number of nitrogens with zero attached hydrogens (tertiary/aromatic N) is 3. The van der Waals surface area contributed by atoms with Gasteiger partial charge in [-0.2, -0.15) is 0 Å². The number of aryl methyl sites for hydroxylation is 1. The maximum Gasteiger partial charge on any atom is 0.322 e. The molecular weight excluding hydrogens is 492 g/mol. The summed E-state index contributed by atoms with van der Waals surface area (Å²) in [7, 11) is 0. The van der Waals surface area contributed by atoms with E-state index in [2.05, 4.69) is 24.1 Å². The van der Waals surface area contributed by atoms with Crippen LogP contribution in [0.1, 0.15) is 42.4 Å². The first kappa shape index (κ1) is 28.4. The summed E-state index contributed by atoms with van der Waals surface area (Å²) >= 11 is 0. The molecule has 39 heavy (non-hydrogen) atoms. The van der Waals surface area contributed by atoms with Crippen molar-refractivity contribution in [2.75, 3.05) is 51.3 Å². The molecule has 1 saturated heterocycles. The number of carbonyl (C=O) groups excluding carboxylic acids is 2. The van der Waals surface area contributed by atoms with Crippen molar-refractivity contribution in [3.05, 3.63) is 89.4 Å². The van der Waals surface area contributed by atoms with Crippen LogP contribution in [0.25, 0.3) is 0 Å². The van der Waals surface area contributed by atoms with Gasteiger partial charge in [0.2, 0.25) is 5.91 Å². The van der Waals surface area contributed by atoms with E-state index < -0.39 is 0 Å². The van der Waals surface area contributed by atoms with Gasteiger partial charge in [-0.3, -0.25) is 9.69 Å². The minimum Gasteiger partial charge on any atom is -0.464 e. The van der Waals surface area contributed by atoms with Crippen LogP contribution in [0, 0.1) is 6.92 Å². The Morgan fingerprint density at radius 1 is 0.923 bits per heavy atom. The van der Waals surface area contributed by atoms with Crippen LogP contribution >= 0.6 is 0 Å². The van der Waals surface area contributed by atoms with Gasteiger partial charge in [-0.15, -0.1) is 0 Å². The van der Waals surface area contributed by atoms with Crippen LogP contribution in [0.15, 0.2) is 71.1 Å². The topological polar surface area (TPSA) is 78.3 Å². The highest BCUT2D eigenvalue weighted by Crippen LogP contribution is 2.18. The van der Waals surface area contributed by atoms with Gasteiger partial charge in [0.25, 0.3) is 0 Å². The monoisotopic (exact) mass is 532 g/mol. The van der Waals surface area contributed by atoms with E-state index in [-0.39, 0.29) is 18.5 Å². The lowest BCUT2D eigenvalue weighted by molar-refractivity contribution is -0.133. The van der Waals surface area contributed by atoms with Crippen LogP contribution in [0.5, 0.6) is 0 Å². The van der Waals surface area contributed by atoms with Gasteiger partial charge in [-0.25, -0.2) is 4.79 Å². The molecule has 0 spiro atoms. The van der Waals surface area contributed by atoms with Gasteiger partial charge < -0.3 is 24.3 Å². The molecule has 8 heteroatoms. The van der Waals surface area contributed by atoms with E-state index in [0.29, 0.717) is 56.8 Å². The minimum absolute atomic E-state index is 0.0349. The second-order valence-corrected chi connectivity index (χ2v) is 10.3. The number of hydrogen-bond acceptors (Lipinski definition) is 5. The number of furan rings is 1. The van der Waals surface area contributed by atoms with Gasteiger partial charge in [-0.05, 0) is 48.2 Å². The summed E-state index contributed by atoms with van der Waals surface area (Å²) in [5.41, 5.74) is 2.93. The molecule has 0 unspecified atom stereocenters. The quantitative estimate of drug-likeness (QED) is 0.372. The number of amides is 3. The Morgan fingerprint density at radius 2 is 1.64 bits per heavy atom. The molecule has 1 N–H and O–H groups in total. The first-order valence-corrected chi connectivity index (χ1v) is 13.7. The van der Waals surface area contributed by atoms with Crippen LogP contribution in [0.4, 0.5) is 10.5 Å². The third-order valence-electron chi connectivity index (χ3n) is 6.94. The van der Waals surface area contributed by atoms with Crippen molar-refractivity contribution >= 4 is 17.6 Å². The van der Waals surface area contributed by atoms with Crippen LogP contribution in [0.3, 0.4) is 0 Å². The van der Waals surface area contributed by atoms with E-state index in [1.807, 2.05) is 73.7 Å². The number of hydrogen-bond donors (Lipinski definition) is 1. The zero-order valence-corrected chi connectivity index (χ0v) is 23.3. The Labute approximate surface area is 231 Å². The number of urea groups is 1. The molecule has 8 nitrogen and oxygen atoms in total. The van der Waals surface area contributed by atoms with Crippen molar-refractivity contribution in [1.82, 2.24) is 14.7 Å². The number of benzene rings is 2. The van der Waals surface area contributed by atoms with Gasteiger partial charge in [0.15, 0.2) is 0 Å². The first-order valence-electron chi connectivity index (χ1n) is 13.7. The molecule has 1 aliphatic heterocycles. The molecule has 2 heterocycles. The molecule has 1 aromatic heterocycles. The molecule has 3 amide bonds. The molecule has 0 aliphatic carbocycles. The molecule has 208 valence electrons. The highest BCUT2D eigenvalue weighted by molar-refractivity contribution is 5.92. The van der Waals surface area contributed by atoms with Gasteiger partial charge in [0.1, 0.15) is 18.1 Å². The van der Waals surface area contributed by atoms with Crippen LogP contribution in [-0.2, 0) is 22.6 Å². The lowest BCUT2D eigenvalue weighted by Crippen LogP contribution is -2.48. The summed E-state index contributed by atoms with van der Waals surface area (Å²) in [4.78, 5) is 32.8. The number of carbonyl (C=O) groups is 2. The number of rotatable bonds is 11. The summed E-state index contributed by atoms with van der Waals surface area (Å²) in [6, 6.07) is 21.2. The van der Waals surface area contributed by atoms with Gasteiger partial charge in [0, 0.05) is 38.4 Å². The summed E-state index contributed by atoms with van der Waals surface area (Å²) in [6.07, 6.45) is 0. The van der Waals surface area contributed by atoms with Crippen LogP contribution < -0.4 is 5.32 Å². The lowest BCUT2D eigenvalue weighted by atomic mass is 10.0. The summed E-state index contributed by atoms with van der Waals surface area (Å²) in [5.74, 6) is 1.78. The lowest BCUT2D eigenvalue weighted by Gasteiger charge is -2.31. The maximum atomic E-state index is 13.7. The predicted octanol–water partition coefficient (Wildman–Crippen LogP) is 5.11. The number of anilines is 1. The smallest absolute Gasteiger partial charge is 0.322 e. The summed E-state index contributed by atoms with van der Waals surface area (Å²) in [5, 5.41) is 3.00. The van der Waals surface area contributed by atoms with Crippen molar-refractivity contribution in [3.63, 3.8) is 0 Å². The van der Waals surface area contributed by atoms with Crippen molar-refractivity contribution < 1.29 is 18.7 Å². The van der Waals surface area contributed by atoms with E-state index >= 15 is 0 Å². The van der Waals surface area contributed by atoms with E-state index in [0.717, 1.165) is 24.4 Å². The zero-order chi connectivity index (χ0) is 27.6. The third kappa shape index (κ3) is 8.70. The Hall–Kier alpha value is -3.62. The fourth-order valence-corrected chi connectivity index (χ4v) is 4.55. The summed E-state index contributed by atoms with van der Waals surface area (Å²) in [6.45, 7) is 11.0. The molecule has 1 aliphatic rings. The largest absolute Gasteiger partial charge is 0.464 e. The Balaban J connectivity index is 1.49. The SMILES string of the molecule is Cc1ccc(CN(Cc2ccccc2)C(=O)CN(CCN2CCOCC2)C(=O)Nc2ccc(C(C)C)cc2)o1. The van der Waals surface area contributed by atoms with Crippen molar-refractivity contribution in [1.29, 1.82) is 0 Å². The fraction of sp³-hybridized carbons (Fsp3) is 0.419. The zero-order valence-electron chi connectivity index (χ0n) is 23.3. The van der Waals surface area contributed by atoms with Gasteiger partial charge in [-0.1, -0.05) is 56.3 Å². The molecule has 0 radical (unpaired) electrons. The average molecular weight is 533 g/mol. The molecule has 3 aromatic rings. The first-order chi connectivity index (χ1) is 18.9. The maximum absolute atomic E-state index is 13.7. The molecule has 4 rings (SSSR count). The van der Waals surface area contributed by atoms with Crippen molar-refractivity contribution in [3.8, 4) is 0 Å². The van der Waals surface area contributed by atoms with E-state index in [4.69, 9.17) is 9.15 Å². The average Bonchev–Trinajstić information content (AvgIpc) is 3.36. The molecule has 0 bridgehead atoms. The fourth-order valence-electron chi connectivity index (χ4n) is 4.55. The third-order valence-corrected chi connectivity index (χ3v) is 6.94. The Kier molecular flexibility index (Phi) is 10.2. The van der Waals surface area contributed by atoms with E-state index in [1.165, 1.54) is 5.56 Å². The second kappa shape index (κ2) is 14.0. The van der Waals surface area contributed by atoms with Gasteiger partial charge >= 0.3 is 6.03 Å². The highest BCUT2D eigenvalue weighted by atomic mass is 16.5. The molecular formula is C31H40N4O4. The molecule has 1 fully saturated rings. The van der Waals surface area contributed by atoms with Crippen LogP contribution in [-0.4, -0.2) is 72.6 Å². The van der Waals surface area contributed by atoms with Crippen molar-refractivity contribution in [2.24, 2.45) is 0 Å². The number of nitrogens with one attached hydrogen (secondary N) is 1. The standard InChI is InChI=1S/C31H40N4O4/c1-24(2)27-10-12-28(13-11-27)32-31(37)34(16-15-33-17-19-38-20-18-33)23-30(36)35(21-26-7-5-4-6-8-26)22-29-14-9-25(3)39-29/h4-14,24H,15-23H2,1-3H3,(H,32,37). The van der Waals surface area contributed by atoms with E-state index in [9.17, 15) is 9.59 Å². The van der Waals surface area contributed by atoms with Crippen LogP contribution in [0.2, 0.25) is 0 Å². The summed E-state index contributed by atoms with van der Waals surface area (Å²) < 4.78 is 11.2. The van der Waals surface area contributed by atoms with E-state index in [1.54, 1.807) is 9.80 Å². The molecule has 2 aromatic carbocycles. The predicted molar refractivity (Wildman–Crippen MR) is 153 cm³/mol. The number of ether oxygens (including phenoxy) is 1. The van der Waals surface area contributed by atoms with Crippen molar-refractivity contribution in [2.45, 2.75) is 39.8 Å². The second-order valence-electron chi connectivity index (χ2n) is 10.3. The Morgan fingerprint density at radius 3 is 2.28 bits per heavy atom. The molecule has 0 atom stereocenters. The normalized spacial score (nSPS) is 13.8. The van der Waals surface area contributed by atoms with Gasteiger partial charge in [0.05, 0.1) is 19.8 Å².